The second kappa shape index (κ2) is 6.43. The number of benzene rings is 2. The summed E-state index contributed by atoms with van der Waals surface area (Å²) in [6, 6.07) is 12.1. The highest BCUT2D eigenvalue weighted by molar-refractivity contribution is 6.30. The van der Waals surface area contributed by atoms with Crippen molar-refractivity contribution < 1.29 is 9.13 Å². The molecule has 2 aromatic carbocycles. The zero-order valence-electron chi connectivity index (χ0n) is 10.6. The highest BCUT2D eigenvalue weighted by atomic mass is 35.5. The third kappa shape index (κ3) is 3.86. The molecule has 0 fully saturated rings. The second-order valence-electron chi connectivity index (χ2n) is 4.06. The summed E-state index contributed by atoms with van der Waals surface area (Å²) in [5.41, 5.74) is 1.42. The SMILES string of the molecule is CCOc1cccc(CNc2cc(Cl)ccc2F)c1. The van der Waals surface area contributed by atoms with Crippen LogP contribution in [0.3, 0.4) is 0 Å². The van der Waals surface area contributed by atoms with Gasteiger partial charge in [0.1, 0.15) is 11.6 Å². The summed E-state index contributed by atoms with van der Waals surface area (Å²) in [5.74, 6) is 0.499. The highest BCUT2D eigenvalue weighted by Crippen LogP contribution is 2.21. The summed E-state index contributed by atoms with van der Waals surface area (Å²) < 4.78 is 18.9. The molecule has 0 aromatic heterocycles. The monoisotopic (exact) mass is 279 g/mol. The van der Waals surface area contributed by atoms with Crippen molar-refractivity contribution in [1.29, 1.82) is 0 Å². The lowest BCUT2D eigenvalue weighted by molar-refractivity contribution is 0.340. The number of anilines is 1. The lowest BCUT2D eigenvalue weighted by Gasteiger charge is -2.09. The minimum absolute atomic E-state index is 0.314. The van der Waals surface area contributed by atoms with Crippen LogP contribution in [0.4, 0.5) is 10.1 Å². The molecule has 0 heterocycles. The molecular formula is C15H15ClFNO. The zero-order chi connectivity index (χ0) is 13.7. The largest absolute Gasteiger partial charge is 0.494 e. The Morgan fingerprint density at radius 1 is 1.21 bits per heavy atom. The molecule has 2 aromatic rings. The van der Waals surface area contributed by atoms with Gasteiger partial charge in [-0.05, 0) is 42.8 Å². The van der Waals surface area contributed by atoms with E-state index >= 15 is 0 Å². The van der Waals surface area contributed by atoms with Crippen LogP contribution in [-0.4, -0.2) is 6.61 Å². The van der Waals surface area contributed by atoms with Crippen LogP contribution in [-0.2, 0) is 6.54 Å². The fraction of sp³-hybridized carbons (Fsp3) is 0.200. The van der Waals surface area contributed by atoms with E-state index in [1.54, 1.807) is 6.07 Å². The van der Waals surface area contributed by atoms with E-state index in [4.69, 9.17) is 16.3 Å². The first-order valence-electron chi connectivity index (χ1n) is 6.09. The average molecular weight is 280 g/mol. The predicted octanol–water partition coefficient (Wildman–Crippen LogP) is 4.49. The molecule has 0 bridgehead atoms. The van der Waals surface area contributed by atoms with E-state index in [1.807, 2.05) is 31.2 Å². The summed E-state index contributed by atoms with van der Waals surface area (Å²) in [4.78, 5) is 0. The topological polar surface area (TPSA) is 21.3 Å². The van der Waals surface area contributed by atoms with Gasteiger partial charge < -0.3 is 10.1 Å². The lowest BCUT2D eigenvalue weighted by atomic mass is 10.2. The number of ether oxygens (including phenoxy) is 1. The van der Waals surface area contributed by atoms with E-state index in [0.29, 0.717) is 23.9 Å². The van der Waals surface area contributed by atoms with Gasteiger partial charge in [0.05, 0.1) is 12.3 Å². The first kappa shape index (κ1) is 13.7. The molecule has 0 atom stereocenters. The normalized spacial score (nSPS) is 10.3. The molecule has 4 heteroatoms. The standard InChI is InChI=1S/C15H15ClFNO/c1-2-19-13-5-3-4-11(8-13)10-18-15-9-12(16)6-7-14(15)17/h3-9,18H,2,10H2,1H3. The predicted molar refractivity (Wildman–Crippen MR) is 76.3 cm³/mol. The molecule has 0 aliphatic rings. The van der Waals surface area contributed by atoms with Gasteiger partial charge in [0.25, 0.3) is 0 Å². The fourth-order valence-electron chi connectivity index (χ4n) is 1.74. The lowest BCUT2D eigenvalue weighted by Crippen LogP contribution is -2.02. The van der Waals surface area contributed by atoms with Gasteiger partial charge in [-0.25, -0.2) is 4.39 Å². The minimum atomic E-state index is -0.314. The number of nitrogens with one attached hydrogen (secondary N) is 1. The van der Waals surface area contributed by atoms with Crippen LogP contribution in [0.25, 0.3) is 0 Å². The average Bonchev–Trinajstić information content (AvgIpc) is 2.41. The summed E-state index contributed by atoms with van der Waals surface area (Å²) in [6.45, 7) is 3.07. The Morgan fingerprint density at radius 3 is 2.84 bits per heavy atom. The van der Waals surface area contributed by atoms with Crippen molar-refractivity contribution in [3.05, 3.63) is 58.9 Å². The van der Waals surface area contributed by atoms with Crippen LogP contribution in [0.15, 0.2) is 42.5 Å². The van der Waals surface area contributed by atoms with Gasteiger partial charge >= 0.3 is 0 Å². The van der Waals surface area contributed by atoms with E-state index < -0.39 is 0 Å². The molecule has 2 nitrogen and oxygen atoms in total. The highest BCUT2D eigenvalue weighted by Gasteiger charge is 2.03. The van der Waals surface area contributed by atoms with E-state index in [2.05, 4.69) is 5.32 Å². The van der Waals surface area contributed by atoms with Crippen molar-refractivity contribution in [2.45, 2.75) is 13.5 Å². The van der Waals surface area contributed by atoms with Gasteiger partial charge in [-0.3, -0.25) is 0 Å². The number of hydrogen-bond donors (Lipinski definition) is 1. The molecular weight excluding hydrogens is 265 g/mol. The van der Waals surface area contributed by atoms with Gasteiger partial charge in [0.2, 0.25) is 0 Å². The molecule has 0 amide bonds. The molecule has 100 valence electrons. The number of rotatable bonds is 5. The zero-order valence-corrected chi connectivity index (χ0v) is 11.4. The summed E-state index contributed by atoms with van der Waals surface area (Å²) in [7, 11) is 0. The Balaban J connectivity index is 2.05. The van der Waals surface area contributed by atoms with Gasteiger partial charge in [0, 0.05) is 11.6 Å². The molecule has 0 aliphatic carbocycles. The molecule has 0 spiro atoms. The summed E-state index contributed by atoms with van der Waals surface area (Å²) in [6.07, 6.45) is 0. The van der Waals surface area contributed by atoms with Gasteiger partial charge in [-0.1, -0.05) is 23.7 Å². The van der Waals surface area contributed by atoms with Crippen molar-refractivity contribution in [3.8, 4) is 5.75 Å². The Hall–Kier alpha value is -1.74. The van der Waals surface area contributed by atoms with Crippen LogP contribution in [0, 0.1) is 5.82 Å². The van der Waals surface area contributed by atoms with Crippen molar-refractivity contribution in [2.75, 3.05) is 11.9 Å². The number of halogens is 2. The molecule has 0 saturated carbocycles. The maximum atomic E-state index is 13.5. The van der Waals surface area contributed by atoms with Crippen molar-refractivity contribution in [1.82, 2.24) is 0 Å². The van der Waals surface area contributed by atoms with Gasteiger partial charge in [-0.2, -0.15) is 0 Å². The molecule has 19 heavy (non-hydrogen) atoms. The third-order valence-electron chi connectivity index (χ3n) is 2.62. The van der Waals surface area contributed by atoms with E-state index in [0.717, 1.165) is 11.3 Å². The first-order valence-corrected chi connectivity index (χ1v) is 6.47. The quantitative estimate of drug-likeness (QED) is 0.871. The Labute approximate surface area is 117 Å². The van der Waals surface area contributed by atoms with E-state index in [1.165, 1.54) is 12.1 Å². The Kier molecular flexibility index (Phi) is 4.63. The van der Waals surface area contributed by atoms with Crippen molar-refractivity contribution >= 4 is 17.3 Å². The van der Waals surface area contributed by atoms with Gasteiger partial charge in [0.15, 0.2) is 0 Å². The minimum Gasteiger partial charge on any atom is -0.494 e. The van der Waals surface area contributed by atoms with Crippen LogP contribution >= 0.6 is 11.6 Å². The fourth-order valence-corrected chi connectivity index (χ4v) is 1.91. The van der Waals surface area contributed by atoms with E-state index in [9.17, 15) is 4.39 Å². The molecule has 0 aliphatic heterocycles. The van der Waals surface area contributed by atoms with Crippen LogP contribution in [0.2, 0.25) is 5.02 Å². The van der Waals surface area contributed by atoms with Crippen LogP contribution in [0.1, 0.15) is 12.5 Å². The molecule has 0 saturated heterocycles. The molecule has 0 radical (unpaired) electrons. The van der Waals surface area contributed by atoms with Crippen molar-refractivity contribution in [2.24, 2.45) is 0 Å². The maximum Gasteiger partial charge on any atom is 0.146 e. The van der Waals surface area contributed by atoms with Crippen molar-refractivity contribution in [3.63, 3.8) is 0 Å². The van der Waals surface area contributed by atoms with E-state index in [-0.39, 0.29) is 5.82 Å². The van der Waals surface area contributed by atoms with Crippen LogP contribution in [0.5, 0.6) is 5.75 Å². The second-order valence-corrected chi connectivity index (χ2v) is 4.49. The Morgan fingerprint density at radius 2 is 2.05 bits per heavy atom. The van der Waals surface area contributed by atoms with Crippen LogP contribution < -0.4 is 10.1 Å². The summed E-state index contributed by atoms with van der Waals surface area (Å²) in [5, 5.41) is 3.53. The molecule has 1 N–H and O–H groups in total. The molecule has 2 rings (SSSR count). The molecule has 0 unspecified atom stereocenters. The maximum absolute atomic E-state index is 13.5. The first-order chi connectivity index (χ1) is 9.19. The number of hydrogen-bond acceptors (Lipinski definition) is 2. The Bertz CT molecular complexity index is 560. The summed E-state index contributed by atoms with van der Waals surface area (Å²) >= 11 is 5.84. The smallest absolute Gasteiger partial charge is 0.146 e. The third-order valence-corrected chi connectivity index (χ3v) is 2.86. The van der Waals surface area contributed by atoms with Gasteiger partial charge in [-0.15, -0.1) is 0 Å².